The van der Waals surface area contributed by atoms with Gasteiger partial charge in [-0.15, -0.1) is 16.4 Å². The molecular weight excluding hydrogens is 400 g/mol. The lowest BCUT2D eigenvalue weighted by Gasteiger charge is -2.36. The van der Waals surface area contributed by atoms with Crippen LogP contribution in [-0.4, -0.2) is 33.9 Å². The van der Waals surface area contributed by atoms with E-state index in [9.17, 15) is 4.79 Å². The predicted octanol–water partition coefficient (Wildman–Crippen LogP) is 3.83. The Labute approximate surface area is 159 Å². The van der Waals surface area contributed by atoms with Crippen molar-refractivity contribution in [1.29, 1.82) is 5.41 Å². The zero-order valence-electron chi connectivity index (χ0n) is 14.2. The summed E-state index contributed by atoms with van der Waals surface area (Å²) in [7, 11) is 1.67. The first-order chi connectivity index (χ1) is 11.9. The van der Waals surface area contributed by atoms with Gasteiger partial charge < -0.3 is 4.90 Å². The van der Waals surface area contributed by atoms with E-state index >= 15 is 0 Å². The van der Waals surface area contributed by atoms with Crippen molar-refractivity contribution < 1.29 is 4.79 Å². The summed E-state index contributed by atoms with van der Waals surface area (Å²) >= 11 is 5.18. The van der Waals surface area contributed by atoms with Gasteiger partial charge in [-0.25, -0.2) is 0 Å². The van der Waals surface area contributed by atoms with Gasteiger partial charge in [0.25, 0.3) is 0 Å². The minimum atomic E-state index is -0.345. The van der Waals surface area contributed by atoms with Crippen molar-refractivity contribution in [2.45, 2.75) is 32.1 Å². The Bertz CT molecular complexity index is 907. The fraction of sp³-hybridized carbons (Fsp3) is 0.333. The smallest absolute Gasteiger partial charge is 0.228 e. The third kappa shape index (κ3) is 3.24. The molecule has 7 heteroatoms. The van der Waals surface area contributed by atoms with Crippen molar-refractivity contribution in [3.63, 3.8) is 0 Å². The molecule has 1 aliphatic heterocycles. The number of piperidine rings is 1. The Balaban J connectivity index is 1.98. The van der Waals surface area contributed by atoms with E-state index in [0.717, 1.165) is 20.5 Å². The summed E-state index contributed by atoms with van der Waals surface area (Å²) in [5.41, 5.74) is 2.20. The highest BCUT2D eigenvalue weighted by Gasteiger charge is 2.39. The number of amides is 1. The maximum Gasteiger partial charge on any atom is 0.228 e. The molecule has 0 radical (unpaired) electrons. The number of aromatic nitrogens is 2. The zero-order chi connectivity index (χ0) is 18.2. The highest BCUT2D eigenvalue weighted by molar-refractivity contribution is 9.10. The summed E-state index contributed by atoms with van der Waals surface area (Å²) in [5, 5.41) is 18.2. The lowest BCUT2D eigenvalue weighted by atomic mass is 9.78. The Morgan fingerprint density at radius 3 is 2.88 bits per heavy atom. The van der Waals surface area contributed by atoms with Gasteiger partial charge in [0, 0.05) is 35.7 Å². The second-order valence-corrected chi connectivity index (χ2v) is 8.01. The molecular formula is C18H17BrN4OS. The molecule has 3 rings (SSSR count). The molecule has 3 heterocycles. The number of hydrogen-bond donors (Lipinski definition) is 1. The van der Waals surface area contributed by atoms with Gasteiger partial charge in [-0.2, -0.15) is 5.10 Å². The van der Waals surface area contributed by atoms with E-state index in [4.69, 9.17) is 5.41 Å². The topological polar surface area (TPSA) is 69.9 Å². The van der Waals surface area contributed by atoms with Crippen LogP contribution in [0.5, 0.6) is 0 Å². The van der Waals surface area contributed by atoms with E-state index in [0.29, 0.717) is 24.4 Å². The standard InChI is InChI=1S/C18H17BrN4OS/c1-4-5-13-17(19)12(9-21-22-13)11-6-14(25-10-11)18(2)7-15(20)23(3)16(24)8-18/h6,9-10,20H,7-8H2,1-3H3/t18-/m0/s1. The summed E-state index contributed by atoms with van der Waals surface area (Å²) in [6, 6.07) is 2.08. The van der Waals surface area contributed by atoms with E-state index in [1.165, 1.54) is 4.90 Å². The molecule has 1 N–H and O–H groups in total. The van der Waals surface area contributed by atoms with Crippen LogP contribution in [0.25, 0.3) is 11.1 Å². The number of rotatable bonds is 2. The number of thiophene rings is 1. The van der Waals surface area contributed by atoms with Crippen LogP contribution in [0.2, 0.25) is 0 Å². The highest BCUT2D eigenvalue weighted by Crippen LogP contribution is 2.42. The number of carbonyl (C=O) groups excluding carboxylic acids is 1. The van der Waals surface area contributed by atoms with Crippen LogP contribution in [0.1, 0.15) is 37.3 Å². The normalized spacial score (nSPS) is 20.4. The monoisotopic (exact) mass is 416 g/mol. The number of nitrogens with zero attached hydrogens (tertiary/aromatic N) is 3. The average molecular weight is 417 g/mol. The number of carbonyl (C=O) groups is 1. The summed E-state index contributed by atoms with van der Waals surface area (Å²) in [4.78, 5) is 14.7. The van der Waals surface area contributed by atoms with Gasteiger partial charge in [0.2, 0.25) is 5.91 Å². The zero-order valence-corrected chi connectivity index (χ0v) is 16.6. The molecule has 2 aromatic heterocycles. The Morgan fingerprint density at radius 1 is 1.44 bits per heavy atom. The van der Waals surface area contributed by atoms with Gasteiger partial charge in [-0.1, -0.05) is 12.8 Å². The van der Waals surface area contributed by atoms with Gasteiger partial charge in [-0.05, 0) is 45.8 Å². The third-order valence-corrected chi connectivity index (χ3v) is 6.45. The molecule has 1 saturated heterocycles. The molecule has 0 saturated carbocycles. The predicted molar refractivity (Wildman–Crippen MR) is 103 cm³/mol. The molecule has 0 aliphatic carbocycles. The lowest BCUT2D eigenvalue weighted by molar-refractivity contribution is -0.128. The minimum Gasteiger partial charge on any atom is -0.304 e. The van der Waals surface area contributed by atoms with E-state index in [-0.39, 0.29) is 11.3 Å². The molecule has 1 aliphatic rings. The average Bonchev–Trinajstić information content (AvgIpc) is 3.05. The molecule has 0 bridgehead atoms. The second kappa shape index (κ2) is 6.70. The van der Waals surface area contributed by atoms with Crippen LogP contribution in [0.3, 0.4) is 0 Å². The van der Waals surface area contributed by atoms with Gasteiger partial charge in [0.15, 0.2) is 5.69 Å². The van der Waals surface area contributed by atoms with E-state index in [1.54, 1.807) is 31.5 Å². The number of likely N-dealkylation sites (tertiary alicyclic amines) is 1. The van der Waals surface area contributed by atoms with Gasteiger partial charge in [0.1, 0.15) is 5.84 Å². The SMILES string of the molecule is CC#Cc1nncc(-c2csc([C@@]3(C)CC(=N)N(C)C(=O)C3)c2)c1Br. The number of hydrogen-bond acceptors (Lipinski definition) is 5. The van der Waals surface area contributed by atoms with Crippen molar-refractivity contribution in [1.82, 2.24) is 15.1 Å². The summed E-state index contributed by atoms with van der Waals surface area (Å²) < 4.78 is 0.818. The van der Waals surface area contributed by atoms with Crippen LogP contribution in [0.4, 0.5) is 0 Å². The van der Waals surface area contributed by atoms with E-state index in [1.807, 2.05) is 0 Å². The van der Waals surface area contributed by atoms with Crippen molar-refractivity contribution in [3.05, 3.63) is 32.7 Å². The van der Waals surface area contributed by atoms with Crippen LogP contribution in [0.15, 0.2) is 22.1 Å². The van der Waals surface area contributed by atoms with Gasteiger partial charge in [0.05, 0.1) is 10.7 Å². The minimum absolute atomic E-state index is 0.0130. The molecule has 0 spiro atoms. The molecule has 2 aromatic rings. The molecule has 1 fully saturated rings. The van der Waals surface area contributed by atoms with Gasteiger partial charge >= 0.3 is 0 Å². The third-order valence-electron chi connectivity index (χ3n) is 4.42. The molecule has 0 aromatic carbocycles. The fourth-order valence-electron chi connectivity index (χ4n) is 2.89. The molecule has 0 unspecified atom stereocenters. The summed E-state index contributed by atoms with van der Waals surface area (Å²) in [6.07, 6.45) is 2.67. The number of nitrogens with one attached hydrogen (secondary N) is 1. The summed E-state index contributed by atoms with van der Waals surface area (Å²) in [6.45, 7) is 3.81. The number of amidine groups is 1. The number of halogens is 1. The fourth-order valence-corrected chi connectivity index (χ4v) is 4.48. The molecule has 1 atom stereocenters. The molecule has 5 nitrogen and oxygen atoms in total. The van der Waals surface area contributed by atoms with Crippen molar-refractivity contribution in [2.24, 2.45) is 0 Å². The quantitative estimate of drug-likeness (QED) is 0.756. The van der Waals surface area contributed by atoms with Crippen molar-refractivity contribution >= 4 is 39.0 Å². The van der Waals surface area contributed by atoms with Crippen molar-refractivity contribution in [2.75, 3.05) is 7.05 Å². The Kier molecular flexibility index (Phi) is 4.76. The van der Waals surface area contributed by atoms with Crippen LogP contribution in [-0.2, 0) is 10.2 Å². The molecule has 1 amide bonds. The van der Waals surface area contributed by atoms with E-state index in [2.05, 4.69) is 56.3 Å². The lowest BCUT2D eigenvalue weighted by Crippen LogP contribution is -2.46. The van der Waals surface area contributed by atoms with Gasteiger partial charge in [-0.3, -0.25) is 10.2 Å². The van der Waals surface area contributed by atoms with Crippen LogP contribution >= 0.6 is 27.3 Å². The Hall–Kier alpha value is -2.04. The largest absolute Gasteiger partial charge is 0.304 e. The first-order valence-electron chi connectivity index (χ1n) is 7.73. The highest BCUT2D eigenvalue weighted by atomic mass is 79.9. The summed E-state index contributed by atoms with van der Waals surface area (Å²) in [5.74, 6) is 6.12. The maximum atomic E-state index is 12.2. The van der Waals surface area contributed by atoms with Crippen LogP contribution in [0, 0.1) is 17.3 Å². The molecule has 128 valence electrons. The van der Waals surface area contributed by atoms with Crippen molar-refractivity contribution in [3.8, 4) is 23.0 Å². The van der Waals surface area contributed by atoms with Crippen LogP contribution < -0.4 is 0 Å². The van der Waals surface area contributed by atoms with E-state index < -0.39 is 0 Å². The first-order valence-corrected chi connectivity index (χ1v) is 9.40. The molecule has 25 heavy (non-hydrogen) atoms. The first kappa shape index (κ1) is 17.8. The maximum absolute atomic E-state index is 12.2. The Morgan fingerprint density at radius 2 is 2.20 bits per heavy atom. The second-order valence-electron chi connectivity index (χ2n) is 6.31.